The fourth-order valence-electron chi connectivity index (χ4n) is 5.64. The van der Waals surface area contributed by atoms with E-state index in [4.69, 9.17) is 29.4 Å². The van der Waals surface area contributed by atoms with E-state index in [0.717, 1.165) is 6.42 Å². The first-order chi connectivity index (χ1) is 20.5. The highest BCUT2D eigenvalue weighted by Crippen LogP contribution is 2.37. The summed E-state index contributed by atoms with van der Waals surface area (Å²) in [6.07, 6.45) is -0.837. The number of fused-ring (bicyclic) bond motifs is 2. The van der Waals surface area contributed by atoms with Gasteiger partial charge in [0.05, 0.1) is 42.4 Å². The van der Waals surface area contributed by atoms with E-state index in [1.807, 2.05) is 19.9 Å². The predicted molar refractivity (Wildman–Crippen MR) is 157 cm³/mol. The van der Waals surface area contributed by atoms with Crippen molar-refractivity contribution >= 4 is 21.8 Å². The van der Waals surface area contributed by atoms with Gasteiger partial charge in [-0.25, -0.2) is 13.2 Å². The van der Waals surface area contributed by atoms with Gasteiger partial charge in [0, 0.05) is 19.2 Å². The molecule has 1 amide bonds. The van der Waals surface area contributed by atoms with Crippen molar-refractivity contribution in [3.63, 3.8) is 0 Å². The molecule has 13 heteroatoms. The Morgan fingerprint density at radius 3 is 2.72 bits per heavy atom. The van der Waals surface area contributed by atoms with E-state index in [9.17, 15) is 18.3 Å². The van der Waals surface area contributed by atoms with E-state index in [0.29, 0.717) is 42.3 Å². The van der Waals surface area contributed by atoms with Crippen molar-refractivity contribution in [3.8, 4) is 11.5 Å². The number of carbonyl (C=O) groups is 1. The van der Waals surface area contributed by atoms with Crippen molar-refractivity contribution < 1.29 is 42.0 Å². The quantitative estimate of drug-likeness (QED) is 0.363. The maximum Gasteiger partial charge on any atom is 0.410 e. The number of anilines is 1. The van der Waals surface area contributed by atoms with Crippen molar-refractivity contribution in [1.29, 1.82) is 0 Å². The SMILES string of the molecule is C[C@@H](O)CN(Cc1cccc(N(CC(C)(C)CCN)S(=O)(=O)c2ccc3c(c2)OCO3)c1)C(=O)O[C@H]1CO[C@H]2OCC[C@H]21. The summed E-state index contributed by atoms with van der Waals surface area (Å²) in [5.41, 5.74) is 6.52. The summed E-state index contributed by atoms with van der Waals surface area (Å²) in [5.74, 6) is 0.833. The lowest BCUT2D eigenvalue weighted by molar-refractivity contribution is -0.0907. The van der Waals surface area contributed by atoms with Gasteiger partial charge in [-0.15, -0.1) is 0 Å². The molecule has 3 aliphatic rings. The van der Waals surface area contributed by atoms with Gasteiger partial charge >= 0.3 is 6.09 Å². The molecule has 5 rings (SSSR count). The van der Waals surface area contributed by atoms with E-state index >= 15 is 0 Å². The zero-order valence-electron chi connectivity index (χ0n) is 24.8. The fourth-order valence-corrected chi connectivity index (χ4v) is 7.30. The van der Waals surface area contributed by atoms with Crippen LogP contribution in [0.15, 0.2) is 47.4 Å². The molecule has 0 aliphatic carbocycles. The molecular weight excluding hydrogens is 578 g/mol. The van der Waals surface area contributed by atoms with E-state index in [1.54, 1.807) is 31.2 Å². The van der Waals surface area contributed by atoms with E-state index in [2.05, 4.69) is 0 Å². The molecule has 43 heavy (non-hydrogen) atoms. The molecule has 2 saturated heterocycles. The highest BCUT2D eigenvalue weighted by atomic mass is 32.2. The number of ether oxygens (including phenoxy) is 5. The van der Waals surface area contributed by atoms with E-state index < -0.39 is 33.7 Å². The van der Waals surface area contributed by atoms with Crippen LogP contribution in [0.1, 0.15) is 39.2 Å². The number of nitrogens with two attached hydrogens (primary N) is 1. The van der Waals surface area contributed by atoms with Gasteiger partial charge < -0.3 is 39.4 Å². The zero-order valence-corrected chi connectivity index (χ0v) is 25.6. The number of aliphatic hydroxyl groups excluding tert-OH is 1. The fraction of sp³-hybridized carbons (Fsp3) is 0.567. The molecule has 3 aliphatic heterocycles. The number of carbonyl (C=O) groups excluding carboxylic acids is 1. The van der Waals surface area contributed by atoms with Gasteiger partial charge in [-0.1, -0.05) is 26.0 Å². The Hall–Kier alpha value is -3.10. The Labute approximate surface area is 252 Å². The van der Waals surface area contributed by atoms with Crippen molar-refractivity contribution in [3.05, 3.63) is 48.0 Å². The van der Waals surface area contributed by atoms with Crippen LogP contribution < -0.4 is 19.5 Å². The lowest BCUT2D eigenvalue weighted by Gasteiger charge is -2.34. The summed E-state index contributed by atoms with van der Waals surface area (Å²) in [4.78, 5) is 14.8. The lowest BCUT2D eigenvalue weighted by Crippen LogP contribution is -2.40. The molecule has 0 saturated carbocycles. The molecule has 236 valence electrons. The second-order valence-electron chi connectivity index (χ2n) is 12.1. The molecule has 4 atom stereocenters. The predicted octanol–water partition coefficient (Wildman–Crippen LogP) is 3.07. The minimum atomic E-state index is -4.05. The lowest BCUT2D eigenvalue weighted by atomic mass is 9.89. The Balaban J connectivity index is 1.41. The Bertz CT molecular complexity index is 1400. The van der Waals surface area contributed by atoms with Gasteiger partial charge in [0.25, 0.3) is 10.0 Å². The summed E-state index contributed by atoms with van der Waals surface area (Å²) >= 11 is 0. The molecule has 0 aromatic heterocycles. The summed E-state index contributed by atoms with van der Waals surface area (Å²) in [7, 11) is -4.05. The maximum atomic E-state index is 14.1. The van der Waals surface area contributed by atoms with Crippen molar-refractivity contribution in [2.75, 3.05) is 43.9 Å². The number of amides is 1. The van der Waals surface area contributed by atoms with Crippen LogP contribution in [-0.4, -0.2) is 82.7 Å². The third kappa shape index (κ3) is 7.18. The minimum Gasteiger partial charge on any atom is -0.454 e. The molecule has 0 radical (unpaired) electrons. The summed E-state index contributed by atoms with van der Waals surface area (Å²) in [6, 6.07) is 11.6. The number of nitrogens with zero attached hydrogens (tertiary/aromatic N) is 2. The topological polar surface area (TPSA) is 150 Å². The van der Waals surface area contributed by atoms with Gasteiger partial charge in [-0.2, -0.15) is 0 Å². The van der Waals surface area contributed by atoms with Crippen LogP contribution >= 0.6 is 0 Å². The standard InChI is InChI=1S/C30H41N3O9S/c1-20(34)15-32(29(35)42-27-17-39-28-24(27)9-12-38-28)16-21-5-4-6-22(13-21)33(18-30(2,3)10-11-31)43(36,37)23-7-8-25-26(14-23)41-19-40-25/h4-8,13-14,20,24,27-28,34H,9-12,15-19,31H2,1-3H3/t20-,24+,27+,28-/m1/s1. The molecule has 12 nitrogen and oxygen atoms in total. The number of aliphatic hydroxyl groups is 1. The monoisotopic (exact) mass is 619 g/mol. The van der Waals surface area contributed by atoms with Gasteiger partial charge in [-0.05, 0) is 61.6 Å². The highest BCUT2D eigenvalue weighted by molar-refractivity contribution is 7.92. The summed E-state index contributed by atoms with van der Waals surface area (Å²) in [6.45, 7) is 7.07. The first kappa shape index (κ1) is 31.3. The number of sulfonamides is 1. The second kappa shape index (κ2) is 12.9. The van der Waals surface area contributed by atoms with Crippen molar-refractivity contribution in [2.24, 2.45) is 17.1 Å². The molecule has 2 fully saturated rings. The molecule has 0 unspecified atom stereocenters. The Morgan fingerprint density at radius 2 is 1.95 bits per heavy atom. The number of hydrogen-bond acceptors (Lipinski definition) is 10. The molecule has 0 bridgehead atoms. The highest BCUT2D eigenvalue weighted by Gasteiger charge is 2.44. The number of hydrogen-bond donors (Lipinski definition) is 2. The smallest absolute Gasteiger partial charge is 0.410 e. The molecule has 3 N–H and O–H groups in total. The average Bonchev–Trinajstić information content (AvgIpc) is 3.69. The minimum absolute atomic E-state index is 0.0208. The van der Waals surface area contributed by atoms with Gasteiger partial charge in [0.15, 0.2) is 17.8 Å². The van der Waals surface area contributed by atoms with Crippen LogP contribution in [0.5, 0.6) is 11.5 Å². The van der Waals surface area contributed by atoms with Crippen LogP contribution in [0, 0.1) is 11.3 Å². The summed E-state index contributed by atoms with van der Waals surface area (Å²) < 4.78 is 57.4. The maximum absolute atomic E-state index is 14.1. The third-order valence-corrected chi connectivity index (χ3v) is 9.65. The average molecular weight is 620 g/mol. The van der Waals surface area contributed by atoms with Crippen molar-refractivity contribution in [2.45, 2.75) is 63.6 Å². The normalized spacial score (nSPS) is 21.8. The Morgan fingerprint density at radius 1 is 1.16 bits per heavy atom. The largest absolute Gasteiger partial charge is 0.454 e. The first-order valence-corrected chi connectivity index (χ1v) is 16.0. The van der Waals surface area contributed by atoms with Crippen LogP contribution in [0.4, 0.5) is 10.5 Å². The van der Waals surface area contributed by atoms with Crippen molar-refractivity contribution in [1.82, 2.24) is 4.90 Å². The third-order valence-electron chi connectivity index (χ3n) is 7.88. The van der Waals surface area contributed by atoms with Gasteiger partial charge in [0.1, 0.15) is 6.10 Å². The molecule has 2 aromatic rings. The summed E-state index contributed by atoms with van der Waals surface area (Å²) in [5, 5.41) is 10.2. The van der Waals surface area contributed by atoms with Crippen LogP contribution in [-0.2, 0) is 30.8 Å². The van der Waals surface area contributed by atoms with Crippen LogP contribution in [0.3, 0.4) is 0 Å². The van der Waals surface area contributed by atoms with Crippen LogP contribution in [0.25, 0.3) is 0 Å². The molecule has 2 aromatic carbocycles. The molecule has 0 spiro atoms. The number of benzene rings is 2. The van der Waals surface area contributed by atoms with E-state index in [1.165, 1.54) is 21.3 Å². The van der Waals surface area contributed by atoms with Gasteiger partial charge in [0.2, 0.25) is 6.79 Å². The zero-order chi connectivity index (χ0) is 30.8. The molecular formula is C30H41N3O9S. The number of rotatable bonds is 12. The second-order valence-corrected chi connectivity index (χ2v) is 13.9. The molecule has 3 heterocycles. The van der Waals surface area contributed by atoms with Gasteiger partial charge in [-0.3, -0.25) is 4.31 Å². The Kier molecular flexibility index (Phi) is 9.37. The van der Waals surface area contributed by atoms with Crippen LogP contribution in [0.2, 0.25) is 0 Å². The van der Waals surface area contributed by atoms with E-state index in [-0.39, 0.29) is 50.1 Å². The first-order valence-electron chi connectivity index (χ1n) is 14.5.